The van der Waals surface area contributed by atoms with E-state index in [-0.39, 0.29) is 12.6 Å². The van der Waals surface area contributed by atoms with Crippen LogP contribution in [0.1, 0.15) is 35.5 Å². The van der Waals surface area contributed by atoms with Crippen molar-refractivity contribution in [1.82, 2.24) is 9.80 Å². The first kappa shape index (κ1) is 20.7. The van der Waals surface area contributed by atoms with Gasteiger partial charge in [0.25, 0.3) is 0 Å². The Balaban J connectivity index is 1.53. The molecule has 1 aromatic heterocycles. The van der Waals surface area contributed by atoms with E-state index in [0.29, 0.717) is 23.8 Å². The number of carbonyl (C=O) groups is 1. The van der Waals surface area contributed by atoms with Crippen molar-refractivity contribution in [3.63, 3.8) is 0 Å². The third-order valence-electron chi connectivity index (χ3n) is 6.23. The molecule has 3 aliphatic heterocycles. The highest BCUT2D eigenvalue weighted by atomic mass is 19.1. The Kier molecular flexibility index (Phi) is 5.99. The van der Waals surface area contributed by atoms with Crippen molar-refractivity contribution in [2.24, 2.45) is 5.92 Å². The molecule has 162 valence electrons. The fraction of sp³-hybridized carbons (Fsp3) is 0.522. The second kappa shape index (κ2) is 8.68. The van der Waals surface area contributed by atoms with E-state index in [2.05, 4.69) is 4.90 Å². The van der Waals surface area contributed by atoms with Crippen LogP contribution in [-0.4, -0.2) is 48.7 Å². The fourth-order valence-electron chi connectivity index (χ4n) is 4.47. The highest BCUT2D eigenvalue weighted by Crippen LogP contribution is 2.30. The van der Waals surface area contributed by atoms with Gasteiger partial charge in [0.2, 0.25) is 0 Å². The Bertz CT molecular complexity index is 905. The summed E-state index contributed by atoms with van der Waals surface area (Å²) < 4.78 is 31.2. The SMILES string of the molecule is COc1ccc(CN(Cc2cc(C)oc2C)C(=O)O[C@H]2CN3CCC2CC3)c(F)c1. The fourth-order valence-corrected chi connectivity index (χ4v) is 4.47. The molecule has 2 aromatic rings. The molecule has 0 N–H and O–H groups in total. The number of halogens is 1. The average Bonchev–Trinajstić information content (AvgIpc) is 3.06. The number of amides is 1. The van der Waals surface area contributed by atoms with E-state index >= 15 is 0 Å². The molecule has 3 aliphatic rings. The van der Waals surface area contributed by atoms with E-state index in [0.717, 1.165) is 49.6 Å². The molecule has 1 aromatic carbocycles. The number of ether oxygens (including phenoxy) is 2. The van der Waals surface area contributed by atoms with Crippen LogP contribution in [0, 0.1) is 25.6 Å². The van der Waals surface area contributed by atoms with E-state index in [9.17, 15) is 9.18 Å². The number of carbonyl (C=O) groups excluding carboxylic acids is 1. The first-order valence-corrected chi connectivity index (χ1v) is 10.5. The number of furan rings is 1. The van der Waals surface area contributed by atoms with E-state index in [1.807, 2.05) is 19.9 Å². The van der Waals surface area contributed by atoms with Crippen LogP contribution in [0.5, 0.6) is 5.75 Å². The van der Waals surface area contributed by atoms with Gasteiger partial charge in [-0.3, -0.25) is 9.80 Å². The number of fused-ring (bicyclic) bond motifs is 3. The van der Waals surface area contributed by atoms with Crippen LogP contribution < -0.4 is 4.74 Å². The van der Waals surface area contributed by atoms with Crippen molar-refractivity contribution in [2.75, 3.05) is 26.7 Å². The van der Waals surface area contributed by atoms with Crippen molar-refractivity contribution < 1.29 is 23.1 Å². The quantitative estimate of drug-likeness (QED) is 0.704. The molecule has 0 unspecified atom stereocenters. The van der Waals surface area contributed by atoms with Gasteiger partial charge < -0.3 is 13.9 Å². The third-order valence-corrected chi connectivity index (χ3v) is 6.23. The normalized spacial score (nSPS) is 22.7. The summed E-state index contributed by atoms with van der Waals surface area (Å²) in [5.41, 5.74) is 1.31. The molecule has 0 radical (unpaired) electrons. The van der Waals surface area contributed by atoms with Crippen LogP contribution in [0.2, 0.25) is 0 Å². The maximum atomic E-state index is 14.6. The number of methoxy groups -OCH3 is 1. The van der Waals surface area contributed by atoms with Crippen molar-refractivity contribution in [3.05, 3.63) is 52.7 Å². The largest absolute Gasteiger partial charge is 0.497 e. The molecule has 7 heteroatoms. The minimum atomic E-state index is -0.415. The van der Waals surface area contributed by atoms with Crippen molar-refractivity contribution in [1.29, 1.82) is 0 Å². The average molecular weight is 416 g/mol. The molecule has 1 amide bonds. The molecule has 5 rings (SSSR count). The Labute approximate surface area is 176 Å². The summed E-state index contributed by atoms with van der Waals surface area (Å²) in [7, 11) is 1.50. The standard InChI is InChI=1S/C23H29FN2O4/c1-15-10-19(16(2)29-15)13-26(12-18-4-5-20(28-3)11-21(18)24)23(27)30-22-14-25-8-6-17(22)7-9-25/h4-5,10-11,17,22H,6-9,12-14H2,1-3H3/t22-/m0/s1. The Morgan fingerprint density at radius 3 is 2.50 bits per heavy atom. The molecule has 0 aliphatic carbocycles. The van der Waals surface area contributed by atoms with Gasteiger partial charge in [-0.15, -0.1) is 0 Å². The first-order chi connectivity index (χ1) is 14.4. The molecular formula is C23H29FN2O4. The van der Waals surface area contributed by atoms with E-state index in [1.54, 1.807) is 17.0 Å². The second-order valence-corrected chi connectivity index (χ2v) is 8.31. The monoisotopic (exact) mass is 416 g/mol. The molecule has 3 fully saturated rings. The van der Waals surface area contributed by atoms with Gasteiger partial charge in [0.15, 0.2) is 0 Å². The van der Waals surface area contributed by atoms with Gasteiger partial charge in [0.05, 0.1) is 20.2 Å². The number of piperidine rings is 3. The highest BCUT2D eigenvalue weighted by Gasteiger charge is 2.37. The van der Waals surface area contributed by atoms with Crippen LogP contribution in [0.25, 0.3) is 0 Å². The minimum Gasteiger partial charge on any atom is -0.497 e. The maximum Gasteiger partial charge on any atom is 0.410 e. The highest BCUT2D eigenvalue weighted by molar-refractivity contribution is 5.68. The molecular weight excluding hydrogens is 387 g/mol. The van der Waals surface area contributed by atoms with Gasteiger partial charge in [-0.2, -0.15) is 0 Å². The van der Waals surface area contributed by atoms with Gasteiger partial charge in [-0.05, 0) is 57.8 Å². The molecule has 6 nitrogen and oxygen atoms in total. The van der Waals surface area contributed by atoms with Crippen molar-refractivity contribution in [3.8, 4) is 5.75 Å². The summed E-state index contributed by atoms with van der Waals surface area (Å²) in [6, 6.07) is 6.59. The smallest absolute Gasteiger partial charge is 0.410 e. The lowest BCUT2D eigenvalue weighted by Crippen LogP contribution is -2.52. The number of hydrogen-bond donors (Lipinski definition) is 0. The van der Waals surface area contributed by atoms with Crippen LogP contribution in [0.4, 0.5) is 9.18 Å². The number of rotatable bonds is 6. The number of benzene rings is 1. The summed E-state index contributed by atoms with van der Waals surface area (Å²) in [6.07, 6.45) is 1.61. The second-order valence-electron chi connectivity index (χ2n) is 8.31. The summed E-state index contributed by atoms with van der Waals surface area (Å²) in [6.45, 7) is 7.08. The summed E-state index contributed by atoms with van der Waals surface area (Å²) in [5.74, 6) is 1.98. The lowest BCUT2D eigenvalue weighted by Gasteiger charge is -2.44. The summed E-state index contributed by atoms with van der Waals surface area (Å²) >= 11 is 0. The zero-order valence-corrected chi connectivity index (χ0v) is 17.8. The Morgan fingerprint density at radius 1 is 1.20 bits per heavy atom. The summed E-state index contributed by atoms with van der Waals surface area (Å²) in [4.78, 5) is 17.1. The van der Waals surface area contributed by atoms with Crippen molar-refractivity contribution in [2.45, 2.75) is 45.9 Å². The first-order valence-electron chi connectivity index (χ1n) is 10.5. The predicted octanol–water partition coefficient (Wildman–Crippen LogP) is 4.28. The number of hydrogen-bond acceptors (Lipinski definition) is 5. The maximum absolute atomic E-state index is 14.6. The third kappa shape index (κ3) is 4.46. The van der Waals surface area contributed by atoms with E-state index < -0.39 is 11.9 Å². The molecule has 2 bridgehead atoms. The lowest BCUT2D eigenvalue weighted by molar-refractivity contribution is -0.0450. The van der Waals surface area contributed by atoms with Crippen LogP contribution >= 0.6 is 0 Å². The topological polar surface area (TPSA) is 55.1 Å². The van der Waals surface area contributed by atoms with E-state index in [4.69, 9.17) is 13.9 Å². The van der Waals surface area contributed by atoms with Gasteiger partial charge in [-0.25, -0.2) is 9.18 Å². The Hall–Kier alpha value is -2.54. The number of aryl methyl sites for hydroxylation is 2. The van der Waals surface area contributed by atoms with Gasteiger partial charge >= 0.3 is 6.09 Å². The Morgan fingerprint density at radius 2 is 1.93 bits per heavy atom. The number of nitrogens with zero attached hydrogens (tertiary/aromatic N) is 2. The molecule has 3 saturated heterocycles. The molecule has 30 heavy (non-hydrogen) atoms. The molecule has 0 spiro atoms. The molecule has 0 saturated carbocycles. The molecule has 4 heterocycles. The van der Waals surface area contributed by atoms with Crippen LogP contribution in [-0.2, 0) is 17.8 Å². The van der Waals surface area contributed by atoms with E-state index in [1.165, 1.54) is 13.2 Å². The van der Waals surface area contributed by atoms with Gasteiger partial charge in [0.1, 0.15) is 29.2 Å². The van der Waals surface area contributed by atoms with Crippen LogP contribution in [0.3, 0.4) is 0 Å². The zero-order valence-electron chi connectivity index (χ0n) is 17.8. The van der Waals surface area contributed by atoms with Gasteiger partial charge in [-0.1, -0.05) is 6.07 Å². The molecule has 1 atom stereocenters. The minimum absolute atomic E-state index is 0.101. The zero-order chi connectivity index (χ0) is 21.3. The van der Waals surface area contributed by atoms with Crippen LogP contribution in [0.15, 0.2) is 28.7 Å². The predicted molar refractivity (Wildman–Crippen MR) is 110 cm³/mol. The van der Waals surface area contributed by atoms with Crippen molar-refractivity contribution >= 4 is 6.09 Å². The lowest BCUT2D eigenvalue weighted by atomic mass is 9.86. The van der Waals surface area contributed by atoms with Gasteiger partial charge in [0, 0.05) is 23.7 Å². The summed E-state index contributed by atoms with van der Waals surface area (Å²) in [5, 5.41) is 0.